The summed E-state index contributed by atoms with van der Waals surface area (Å²) in [5, 5.41) is 1.65. The summed E-state index contributed by atoms with van der Waals surface area (Å²) in [5.74, 6) is -1.25. The first-order valence-corrected chi connectivity index (χ1v) is 6.84. The number of carbonyl (C=O) groups excluding carboxylic acids is 3. The number of imide groups is 1. The molecule has 1 saturated heterocycles. The Labute approximate surface area is 115 Å². The summed E-state index contributed by atoms with van der Waals surface area (Å²) in [5.41, 5.74) is 0. The summed E-state index contributed by atoms with van der Waals surface area (Å²) in [6.45, 7) is 3.23. The molecule has 1 heterocycles. The van der Waals surface area contributed by atoms with Crippen molar-refractivity contribution in [1.29, 1.82) is 0 Å². The molecule has 1 unspecified atom stereocenters. The monoisotopic (exact) mass is 292 g/mol. The van der Waals surface area contributed by atoms with Crippen LogP contribution in [-0.4, -0.2) is 54.2 Å². The molecule has 0 aromatic carbocycles. The van der Waals surface area contributed by atoms with Crippen LogP contribution < -0.4 is 5.32 Å². The van der Waals surface area contributed by atoms with Crippen molar-refractivity contribution in [2.75, 3.05) is 26.3 Å². The van der Waals surface area contributed by atoms with Gasteiger partial charge in [0.15, 0.2) is 0 Å². The minimum absolute atomic E-state index is 0.00477. The summed E-state index contributed by atoms with van der Waals surface area (Å²) in [7, 11) is 0. The normalized spacial score (nSPS) is 19.1. The van der Waals surface area contributed by atoms with Crippen LogP contribution in [0.1, 0.15) is 19.8 Å². The van der Waals surface area contributed by atoms with Crippen LogP contribution in [0.25, 0.3) is 0 Å². The van der Waals surface area contributed by atoms with Gasteiger partial charge in [-0.05, 0) is 6.92 Å². The fraction of sp³-hybridized carbons (Fsp3) is 0.727. The Bertz CT molecular complexity index is 354. The molecule has 1 N–H and O–H groups in total. The number of nitrogens with zero attached hydrogens (tertiary/aromatic N) is 1. The van der Waals surface area contributed by atoms with Crippen molar-refractivity contribution in [2.24, 2.45) is 0 Å². The van der Waals surface area contributed by atoms with E-state index >= 15 is 0 Å². The predicted molar refractivity (Wildman–Crippen MR) is 67.9 cm³/mol. The lowest BCUT2D eigenvalue weighted by Gasteiger charge is -2.13. The molecule has 0 aromatic rings. The Kier molecular flexibility index (Phi) is 6.79. The highest BCUT2D eigenvalue weighted by atomic mass is 32.2. The molecule has 108 valence electrons. The first kappa shape index (κ1) is 15.9. The standard InChI is InChI=1S/C11H17FN2O4S/c1-2-18-6-4-13-9(15)3-5-14-10(16)7-8(19-12)11(14)17/h8H,2-7H2,1H3,(H,13,15). The summed E-state index contributed by atoms with van der Waals surface area (Å²) >= 11 is -0.128. The molecule has 1 aliphatic heterocycles. The van der Waals surface area contributed by atoms with Gasteiger partial charge >= 0.3 is 0 Å². The Morgan fingerprint density at radius 1 is 1.58 bits per heavy atom. The zero-order chi connectivity index (χ0) is 14.3. The average Bonchev–Trinajstić information content (AvgIpc) is 2.67. The number of hydrogen-bond acceptors (Lipinski definition) is 5. The van der Waals surface area contributed by atoms with Crippen LogP contribution in [0.2, 0.25) is 0 Å². The molecule has 0 spiro atoms. The predicted octanol–water partition coefficient (Wildman–Crippen LogP) is 0.274. The minimum atomic E-state index is -0.950. The third-order valence-electron chi connectivity index (χ3n) is 2.65. The number of halogens is 1. The largest absolute Gasteiger partial charge is 0.380 e. The molecule has 0 aromatic heterocycles. The van der Waals surface area contributed by atoms with E-state index in [2.05, 4.69) is 5.32 Å². The van der Waals surface area contributed by atoms with Gasteiger partial charge in [0.25, 0.3) is 0 Å². The molecule has 3 amide bonds. The number of likely N-dealkylation sites (tertiary alicyclic amines) is 1. The van der Waals surface area contributed by atoms with Crippen LogP contribution in [0.5, 0.6) is 0 Å². The van der Waals surface area contributed by atoms with E-state index in [0.717, 1.165) is 4.90 Å². The van der Waals surface area contributed by atoms with Gasteiger partial charge in [-0.3, -0.25) is 19.3 Å². The van der Waals surface area contributed by atoms with Gasteiger partial charge in [-0.2, -0.15) is 3.89 Å². The summed E-state index contributed by atoms with van der Waals surface area (Å²) < 4.78 is 17.4. The minimum Gasteiger partial charge on any atom is -0.380 e. The van der Waals surface area contributed by atoms with Gasteiger partial charge in [0, 0.05) is 26.1 Å². The van der Waals surface area contributed by atoms with Crippen molar-refractivity contribution < 1.29 is 23.0 Å². The third kappa shape index (κ3) is 4.79. The second-order valence-electron chi connectivity index (χ2n) is 3.96. The fourth-order valence-corrected chi connectivity index (χ4v) is 2.08. The number of ether oxygens (including phenoxy) is 1. The van der Waals surface area contributed by atoms with Crippen LogP contribution in [0, 0.1) is 0 Å². The Morgan fingerprint density at radius 2 is 2.32 bits per heavy atom. The summed E-state index contributed by atoms with van der Waals surface area (Å²) in [6, 6.07) is 0. The quantitative estimate of drug-likeness (QED) is 0.513. The Morgan fingerprint density at radius 3 is 2.89 bits per heavy atom. The van der Waals surface area contributed by atoms with Crippen molar-refractivity contribution in [3.8, 4) is 0 Å². The molecule has 0 bridgehead atoms. The van der Waals surface area contributed by atoms with Gasteiger partial charge < -0.3 is 10.1 Å². The average molecular weight is 292 g/mol. The maximum absolute atomic E-state index is 12.4. The van der Waals surface area contributed by atoms with Crippen LogP contribution >= 0.6 is 12.1 Å². The van der Waals surface area contributed by atoms with Gasteiger partial charge in [0.2, 0.25) is 17.7 Å². The Hall–Kier alpha value is -1.15. The molecule has 0 saturated carbocycles. The summed E-state index contributed by atoms with van der Waals surface area (Å²) in [4.78, 5) is 35.4. The number of amides is 3. The SMILES string of the molecule is CCOCCNC(=O)CCN1C(=O)CC(SF)C1=O. The molecule has 1 rings (SSSR count). The highest BCUT2D eigenvalue weighted by Crippen LogP contribution is 2.25. The van der Waals surface area contributed by atoms with Gasteiger partial charge in [-0.1, -0.05) is 0 Å². The molecule has 6 nitrogen and oxygen atoms in total. The number of nitrogens with one attached hydrogen (secondary N) is 1. The third-order valence-corrected chi connectivity index (χ3v) is 3.23. The number of hydrogen-bond donors (Lipinski definition) is 1. The van der Waals surface area contributed by atoms with Gasteiger partial charge in [-0.25, -0.2) is 0 Å². The first-order valence-electron chi connectivity index (χ1n) is 6.06. The van der Waals surface area contributed by atoms with E-state index in [9.17, 15) is 18.3 Å². The maximum Gasteiger partial charge on any atom is 0.245 e. The van der Waals surface area contributed by atoms with Crippen LogP contribution in [0.4, 0.5) is 3.89 Å². The number of carbonyl (C=O) groups is 3. The van der Waals surface area contributed by atoms with Crippen molar-refractivity contribution in [3.63, 3.8) is 0 Å². The number of rotatable bonds is 8. The van der Waals surface area contributed by atoms with Gasteiger partial charge in [0.1, 0.15) is 5.25 Å². The molecule has 19 heavy (non-hydrogen) atoms. The zero-order valence-electron chi connectivity index (χ0n) is 10.7. The lowest BCUT2D eigenvalue weighted by atomic mass is 10.3. The van der Waals surface area contributed by atoms with Gasteiger partial charge in [0.05, 0.1) is 25.2 Å². The van der Waals surface area contributed by atoms with E-state index in [-0.39, 0.29) is 37.4 Å². The van der Waals surface area contributed by atoms with E-state index in [0.29, 0.717) is 19.8 Å². The molecule has 1 aliphatic rings. The van der Waals surface area contributed by atoms with E-state index in [1.165, 1.54) is 0 Å². The Balaban J connectivity index is 2.26. The van der Waals surface area contributed by atoms with Crippen molar-refractivity contribution in [2.45, 2.75) is 25.0 Å². The molecule has 8 heteroatoms. The molecular formula is C11H17FN2O4S. The maximum atomic E-state index is 12.4. The van der Waals surface area contributed by atoms with E-state index in [1.807, 2.05) is 6.92 Å². The molecular weight excluding hydrogens is 275 g/mol. The van der Waals surface area contributed by atoms with Gasteiger partial charge in [-0.15, -0.1) is 0 Å². The molecule has 1 fully saturated rings. The van der Waals surface area contributed by atoms with Crippen molar-refractivity contribution >= 4 is 29.9 Å². The molecule has 0 aliphatic carbocycles. The van der Waals surface area contributed by atoms with Crippen LogP contribution in [0.15, 0.2) is 0 Å². The van der Waals surface area contributed by atoms with E-state index in [4.69, 9.17) is 4.74 Å². The van der Waals surface area contributed by atoms with E-state index < -0.39 is 17.1 Å². The molecule has 1 atom stereocenters. The second-order valence-corrected chi connectivity index (χ2v) is 4.71. The lowest BCUT2D eigenvalue weighted by molar-refractivity contribution is -0.138. The van der Waals surface area contributed by atoms with E-state index in [1.54, 1.807) is 0 Å². The molecule has 0 radical (unpaired) electrons. The highest BCUT2D eigenvalue weighted by molar-refractivity contribution is 7.95. The first-order chi connectivity index (χ1) is 9.10. The van der Waals surface area contributed by atoms with Crippen molar-refractivity contribution in [3.05, 3.63) is 0 Å². The fourth-order valence-electron chi connectivity index (χ4n) is 1.67. The smallest absolute Gasteiger partial charge is 0.245 e. The van der Waals surface area contributed by atoms with Crippen LogP contribution in [-0.2, 0) is 19.1 Å². The zero-order valence-corrected chi connectivity index (χ0v) is 11.5. The summed E-state index contributed by atoms with van der Waals surface area (Å²) in [6.07, 6.45) is -0.112. The topological polar surface area (TPSA) is 75.7 Å². The van der Waals surface area contributed by atoms with Crippen molar-refractivity contribution in [1.82, 2.24) is 10.2 Å². The lowest BCUT2D eigenvalue weighted by Crippen LogP contribution is -2.36. The second kappa shape index (κ2) is 8.11. The highest BCUT2D eigenvalue weighted by Gasteiger charge is 2.39. The van der Waals surface area contributed by atoms with Crippen LogP contribution in [0.3, 0.4) is 0 Å².